The zero-order valence-corrected chi connectivity index (χ0v) is 8.34. The molecule has 1 fully saturated rings. The average molecular weight is 176 g/mol. The van der Waals surface area contributed by atoms with Gasteiger partial charge in [-0.15, -0.1) is 0 Å². The molecule has 1 aromatic rings. The van der Waals surface area contributed by atoms with Gasteiger partial charge in [0.25, 0.3) is 0 Å². The third-order valence-corrected chi connectivity index (χ3v) is 2.91. The van der Waals surface area contributed by atoms with Crippen LogP contribution in [0.25, 0.3) is 0 Å². The summed E-state index contributed by atoms with van der Waals surface area (Å²) in [6.07, 6.45) is 2.25. The van der Waals surface area contributed by atoms with Crippen LogP contribution in [0.3, 0.4) is 0 Å². The lowest BCUT2D eigenvalue weighted by Gasteiger charge is -2.39. The predicted molar refractivity (Wildman–Crippen MR) is 53.9 cm³/mol. The van der Waals surface area contributed by atoms with Crippen molar-refractivity contribution in [2.24, 2.45) is 0 Å². The van der Waals surface area contributed by atoms with Crippen molar-refractivity contribution in [1.29, 1.82) is 0 Å². The van der Waals surface area contributed by atoms with Gasteiger partial charge < -0.3 is 4.74 Å². The van der Waals surface area contributed by atoms with Crippen molar-refractivity contribution in [3.05, 3.63) is 35.4 Å². The first kappa shape index (κ1) is 8.76. The monoisotopic (exact) mass is 176 g/mol. The number of hydrogen-bond acceptors (Lipinski definition) is 1. The van der Waals surface area contributed by atoms with E-state index in [0.717, 1.165) is 13.0 Å². The van der Waals surface area contributed by atoms with E-state index < -0.39 is 0 Å². The minimum Gasteiger partial charge on any atom is -0.375 e. The fourth-order valence-corrected chi connectivity index (χ4v) is 1.80. The van der Waals surface area contributed by atoms with Gasteiger partial charge in [0.15, 0.2) is 0 Å². The van der Waals surface area contributed by atoms with Crippen LogP contribution in [-0.2, 0) is 11.2 Å². The van der Waals surface area contributed by atoms with Gasteiger partial charge in [0, 0.05) is 6.42 Å². The predicted octanol–water partition coefficient (Wildman–Crippen LogP) is 2.72. The zero-order valence-electron chi connectivity index (χ0n) is 8.34. The summed E-state index contributed by atoms with van der Waals surface area (Å²) < 4.78 is 5.58. The normalized spacial score (nSPS) is 26.9. The summed E-state index contributed by atoms with van der Waals surface area (Å²) in [5.74, 6) is 0. The number of ether oxygens (including phenoxy) is 1. The van der Waals surface area contributed by atoms with Crippen LogP contribution in [0.5, 0.6) is 0 Å². The van der Waals surface area contributed by atoms with E-state index in [-0.39, 0.29) is 5.60 Å². The van der Waals surface area contributed by atoms with Crippen LogP contribution in [0.4, 0.5) is 0 Å². The van der Waals surface area contributed by atoms with Gasteiger partial charge in [0.1, 0.15) is 0 Å². The molecule has 2 rings (SSSR count). The Hall–Kier alpha value is -0.820. The van der Waals surface area contributed by atoms with Crippen LogP contribution in [0.15, 0.2) is 24.3 Å². The van der Waals surface area contributed by atoms with Crippen LogP contribution >= 0.6 is 0 Å². The molecule has 0 aromatic heterocycles. The molecule has 70 valence electrons. The number of benzene rings is 1. The second kappa shape index (κ2) is 3.15. The lowest BCUT2D eigenvalue weighted by molar-refractivity contribution is -0.132. The van der Waals surface area contributed by atoms with Gasteiger partial charge in [-0.1, -0.05) is 24.3 Å². The fourth-order valence-electron chi connectivity index (χ4n) is 1.80. The second-order valence-corrected chi connectivity index (χ2v) is 4.15. The van der Waals surface area contributed by atoms with E-state index in [1.165, 1.54) is 17.5 Å². The maximum absolute atomic E-state index is 5.58. The second-order valence-electron chi connectivity index (χ2n) is 4.15. The fraction of sp³-hybridized carbons (Fsp3) is 0.500. The van der Waals surface area contributed by atoms with Crippen LogP contribution in [0.2, 0.25) is 0 Å². The Morgan fingerprint density at radius 2 is 2.08 bits per heavy atom. The van der Waals surface area contributed by atoms with Gasteiger partial charge in [0.05, 0.1) is 12.2 Å². The minimum absolute atomic E-state index is 0.117. The lowest BCUT2D eigenvalue weighted by atomic mass is 9.88. The molecule has 1 nitrogen and oxygen atoms in total. The van der Waals surface area contributed by atoms with Crippen molar-refractivity contribution in [2.45, 2.75) is 32.3 Å². The molecule has 0 radical (unpaired) electrons. The first-order valence-electron chi connectivity index (χ1n) is 4.88. The Morgan fingerprint density at radius 3 is 2.62 bits per heavy atom. The Kier molecular flexibility index (Phi) is 2.12. The maximum atomic E-state index is 5.58. The van der Waals surface area contributed by atoms with Crippen LogP contribution in [0, 0.1) is 6.92 Å². The molecule has 1 aliphatic heterocycles. The molecular weight excluding hydrogens is 160 g/mol. The minimum atomic E-state index is 0.117. The van der Waals surface area contributed by atoms with Gasteiger partial charge >= 0.3 is 0 Å². The van der Waals surface area contributed by atoms with E-state index in [9.17, 15) is 0 Å². The molecule has 0 N–H and O–H groups in total. The van der Waals surface area contributed by atoms with E-state index in [1.807, 2.05) is 0 Å². The highest BCUT2D eigenvalue weighted by Gasteiger charge is 2.33. The number of rotatable bonds is 2. The molecule has 0 bridgehead atoms. The summed E-state index contributed by atoms with van der Waals surface area (Å²) in [4.78, 5) is 0. The van der Waals surface area contributed by atoms with Crippen molar-refractivity contribution in [1.82, 2.24) is 0 Å². The molecule has 1 saturated heterocycles. The van der Waals surface area contributed by atoms with Gasteiger partial charge in [-0.2, -0.15) is 0 Å². The van der Waals surface area contributed by atoms with Crippen LogP contribution in [-0.4, -0.2) is 12.2 Å². The van der Waals surface area contributed by atoms with Gasteiger partial charge in [-0.25, -0.2) is 0 Å². The third kappa shape index (κ3) is 1.75. The van der Waals surface area contributed by atoms with Crippen LogP contribution in [0.1, 0.15) is 24.5 Å². The molecule has 0 spiro atoms. The topological polar surface area (TPSA) is 9.23 Å². The molecule has 1 unspecified atom stereocenters. The van der Waals surface area contributed by atoms with Crippen molar-refractivity contribution in [3.8, 4) is 0 Å². The van der Waals surface area contributed by atoms with Crippen molar-refractivity contribution in [2.75, 3.05) is 6.61 Å². The maximum Gasteiger partial charge on any atom is 0.0716 e. The molecule has 1 heteroatoms. The summed E-state index contributed by atoms with van der Waals surface area (Å²) in [6, 6.07) is 8.55. The van der Waals surface area contributed by atoms with Gasteiger partial charge in [-0.3, -0.25) is 0 Å². The van der Waals surface area contributed by atoms with Crippen molar-refractivity contribution >= 4 is 0 Å². The number of aryl methyl sites for hydroxylation is 1. The Balaban J connectivity index is 2.13. The Bertz CT molecular complexity index is 300. The van der Waals surface area contributed by atoms with E-state index in [0.29, 0.717) is 0 Å². The first-order valence-corrected chi connectivity index (χ1v) is 4.88. The zero-order chi connectivity index (χ0) is 9.31. The molecule has 13 heavy (non-hydrogen) atoms. The molecule has 0 saturated carbocycles. The van der Waals surface area contributed by atoms with E-state index in [4.69, 9.17) is 4.74 Å². The number of hydrogen-bond donors (Lipinski definition) is 0. The summed E-state index contributed by atoms with van der Waals surface area (Å²) in [5.41, 5.74) is 2.91. The molecule has 1 heterocycles. The van der Waals surface area contributed by atoms with Crippen LogP contribution < -0.4 is 0 Å². The van der Waals surface area contributed by atoms with Crippen molar-refractivity contribution < 1.29 is 4.74 Å². The summed E-state index contributed by atoms with van der Waals surface area (Å²) >= 11 is 0. The average Bonchev–Trinajstić information content (AvgIpc) is 2.06. The SMILES string of the molecule is Cc1ccccc1CC1(C)CCO1. The highest BCUT2D eigenvalue weighted by molar-refractivity contribution is 5.27. The molecule has 1 aliphatic rings. The smallest absolute Gasteiger partial charge is 0.0716 e. The van der Waals surface area contributed by atoms with Crippen molar-refractivity contribution in [3.63, 3.8) is 0 Å². The van der Waals surface area contributed by atoms with E-state index in [1.54, 1.807) is 0 Å². The first-order chi connectivity index (χ1) is 6.20. The highest BCUT2D eigenvalue weighted by atomic mass is 16.5. The standard InChI is InChI=1S/C12H16O/c1-10-5-3-4-6-11(10)9-12(2)7-8-13-12/h3-6H,7-9H2,1-2H3. The Morgan fingerprint density at radius 1 is 1.38 bits per heavy atom. The quantitative estimate of drug-likeness (QED) is 0.673. The summed E-state index contributed by atoms with van der Waals surface area (Å²) in [7, 11) is 0. The summed E-state index contributed by atoms with van der Waals surface area (Å²) in [5, 5.41) is 0. The van der Waals surface area contributed by atoms with Gasteiger partial charge in [0.2, 0.25) is 0 Å². The molecule has 0 amide bonds. The summed E-state index contributed by atoms with van der Waals surface area (Å²) in [6.45, 7) is 5.29. The van der Waals surface area contributed by atoms with E-state index >= 15 is 0 Å². The third-order valence-electron chi connectivity index (χ3n) is 2.91. The molecule has 1 aromatic carbocycles. The molecule has 1 atom stereocenters. The lowest BCUT2D eigenvalue weighted by Crippen LogP contribution is -2.42. The van der Waals surface area contributed by atoms with E-state index in [2.05, 4.69) is 38.1 Å². The van der Waals surface area contributed by atoms with Gasteiger partial charge in [-0.05, 0) is 31.4 Å². The highest BCUT2D eigenvalue weighted by Crippen LogP contribution is 2.30. The largest absolute Gasteiger partial charge is 0.375 e. The molecule has 0 aliphatic carbocycles. The molecular formula is C12H16O. The Labute approximate surface area is 79.7 Å².